The van der Waals surface area contributed by atoms with Gasteiger partial charge in [-0.2, -0.15) is 0 Å². The van der Waals surface area contributed by atoms with Crippen LogP contribution in [-0.2, 0) is 4.74 Å². The molecule has 1 saturated heterocycles. The van der Waals surface area contributed by atoms with Gasteiger partial charge in [-0.05, 0) is 19.8 Å². The van der Waals surface area contributed by atoms with E-state index in [1.165, 1.54) is 23.4 Å². The molecule has 2 N–H and O–H groups in total. The third-order valence-electron chi connectivity index (χ3n) is 3.33. The highest BCUT2D eigenvalue weighted by molar-refractivity contribution is 7.15. The number of aromatic nitrogens is 1. The molecule has 1 aliphatic heterocycles. The van der Waals surface area contributed by atoms with Crippen molar-refractivity contribution in [2.45, 2.75) is 31.7 Å². The first-order valence-electron chi connectivity index (χ1n) is 6.34. The van der Waals surface area contributed by atoms with Crippen LogP contribution in [-0.4, -0.2) is 31.3 Å². The Hall–Kier alpha value is -0.650. The van der Waals surface area contributed by atoms with E-state index in [4.69, 9.17) is 15.5 Å². The molecular formula is C12H19N3OS. The average molecular weight is 253 g/mol. The zero-order chi connectivity index (χ0) is 11.8. The molecule has 0 spiro atoms. The molecule has 3 rings (SSSR count). The van der Waals surface area contributed by atoms with Gasteiger partial charge in [-0.1, -0.05) is 11.3 Å². The molecule has 1 atom stereocenters. The van der Waals surface area contributed by atoms with Crippen molar-refractivity contribution in [3.8, 4) is 0 Å². The van der Waals surface area contributed by atoms with Gasteiger partial charge in [0.15, 0.2) is 5.13 Å². The number of nitrogens with zero attached hydrogens (tertiary/aromatic N) is 2. The Balaban J connectivity index is 1.86. The number of nitrogens with two attached hydrogens (primary N) is 1. The van der Waals surface area contributed by atoms with E-state index in [2.05, 4.69) is 11.8 Å². The number of anilines is 1. The lowest BCUT2D eigenvalue weighted by molar-refractivity contribution is 0.122. The number of hydrogen-bond acceptors (Lipinski definition) is 5. The van der Waals surface area contributed by atoms with Crippen LogP contribution in [0, 0.1) is 0 Å². The van der Waals surface area contributed by atoms with Gasteiger partial charge in [-0.3, -0.25) is 0 Å². The summed E-state index contributed by atoms with van der Waals surface area (Å²) in [5.41, 5.74) is 7.32. The maximum atomic E-state index is 6.05. The van der Waals surface area contributed by atoms with Crippen molar-refractivity contribution < 1.29 is 4.74 Å². The topological polar surface area (TPSA) is 51.4 Å². The highest BCUT2D eigenvalue weighted by Crippen LogP contribution is 2.45. The lowest BCUT2D eigenvalue weighted by Crippen LogP contribution is -2.36. The third kappa shape index (κ3) is 2.32. The van der Waals surface area contributed by atoms with Crippen LogP contribution in [0.25, 0.3) is 0 Å². The van der Waals surface area contributed by atoms with E-state index in [-0.39, 0.29) is 6.04 Å². The summed E-state index contributed by atoms with van der Waals surface area (Å²) in [5.74, 6) is 0.682. The molecule has 1 aromatic heterocycles. The van der Waals surface area contributed by atoms with Crippen LogP contribution in [0.15, 0.2) is 0 Å². The van der Waals surface area contributed by atoms with Gasteiger partial charge in [-0.25, -0.2) is 4.98 Å². The Morgan fingerprint density at radius 1 is 1.41 bits per heavy atom. The second-order valence-corrected chi connectivity index (χ2v) is 5.92. The van der Waals surface area contributed by atoms with Gasteiger partial charge < -0.3 is 15.4 Å². The van der Waals surface area contributed by atoms with E-state index in [0.717, 1.165) is 31.4 Å². The van der Waals surface area contributed by atoms with Gasteiger partial charge in [-0.15, -0.1) is 0 Å². The molecule has 5 heteroatoms. The zero-order valence-electron chi connectivity index (χ0n) is 10.2. The summed E-state index contributed by atoms with van der Waals surface area (Å²) in [6, 6.07) is 0.109. The standard InChI is InChI=1S/C12H19N3OS/c1-8(13)11-10(9-2-3-9)14-12(17-11)15-4-6-16-7-5-15/h8-9H,2-7,13H2,1H3. The Morgan fingerprint density at radius 2 is 2.12 bits per heavy atom. The fraction of sp³-hybridized carbons (Fsp3) is 0.750. The first-order valence-corrected chi connectivity index (χ1v) is 7.16. The van der Waals surface area contributed by atoms with E-state index in [9.17, 15) is 0 Å². The molecule has 1 unspecified atom stereocenters. The second kappa shape index (κ2) is 4.55. The molecule has 2 fully saturated rings. The largest absolute Gasteiger partial charge is 0.378 e. The Labute approximate surface area is 106 Å². The van der Waals surface area contributed by atoms with E-state index in [1.807, 2.05) is 0 Å². The van der Waals surface area contributed by atoms with E-state index in [1.54, 1.807) is 11.3 Å². The number of ether oxygens (including phenoxy) is 1. The molecule has 17 heavy (non-hydrogen) atoms. The lowest BCUT2D eigenvalue weighted by atomic mass is 10.2. The van der Waals surface area contributed by atoms with Crippen LogP contribution in [0.1, 0.15) is 42.3 Å². The van der Waals surface area contributed by atoms with Gasteiger partial charge in [0.25, 0.3) is 0 Å². The lowest BCUT2D eigenvalue weighted by Gasteiger charge is -2.26. The van der Waals surface area contributed by atoms with Crippen LogP contribution in [0.5, 0.6) is 0 Å². The van der Waals surface area contributed by atoms with Gasteiger partial charge >= 0.3 is 0 Å². The molecule has 1 aromatic rings. The number of hydrogen-bond donors (Lipinski definition) is 1. The van der Waals surface area contributed by atoms with Gasteiger partial charge in [0.2, 0.25) is 0 Å². The monoisotopic (exact) mass is 253 g/mol. The average Bonchev–Trinajstić information content (AvgIpc) is 3.09. The molecule has 2 heterocycles. The fourth-order valence-electron chi connectivity index (χ4n) is 2.20. The summed E-state index contributed by atoms with van der Waals surface area (Å²) in [6.45, 7) is 5.59. The van der Waals surface area contributed by atoms with Crippen molar-refractivity contribution in [3.63, 3.8) is 0 Å². The van der Waals surface area contributed by atoms with Crippen molar-refractivity contribution >= 4 is 16.5 Å². The number of thiazole rings is 1. The number of morpholine rings is 1. The highest BCUT2D eigenvalue weighted by Gasteiger charge is 2.31. The minimum Gasteiger partial charge on any atom is -0.378 e. The Bertz CT molecular complexity index is 375. The molecule has 0 amide bonds. The predicted octanol–water partition coefficient (Wildman–Crippen LogP) is 1.88. The van der Waals surface area contributed by atoms with Crippen LogP contribution in [0.2, 0.25) is 0 Å². The molecule has 1 saturated carbocycles. The zero-order valence-corrected chi connectivity index (χ0v) is 11.0. The Morgan fingerprint density at radius 3 is 2.71 bits per heavy atom. The minimum absolute atomic E-state index is 0.109. The van der Waals surface area contributed by atoms with Gasteiger partial charge in [0.1, 0.15) is 0 Å². The molecule has 0 aromatic carbocycles. The fourth-order valence-corrected chi connectivity index (χ4v) is 3.35. The van der Waals surface area contributed by atoms with E-state index >= 15 is 0 Å². The predicted molar refractivity (Wildman–Crippen MR) is 69.7 cm³/mol. The molecular weight excluding hydrogens is 234 g/mol. The van der Waals surface area contributed by atoms with E-state index < -0.39 is 0 Å². The van der Waals surface area contributed by atoms with Crippen LogP contribution >= 0.6 is 11.3 Å². The van der Waals surface area contributed by atoms with Crippen molar-refractivity contribution in [2.75, 3.05) is 31.2 Å². The highest BCUT2D eigenvalue weighted by atomic mass is 32.1. The molecule has 0 bridgehead atoms. The molecule has 4 nitrogen and oxygen atoms in total. The SMILES string of the molecule is CC(N)c1sc(N2CCOCC2)nc1C1CC1. The molecule has 0 radical (unpaired) electrons. The summed E-state index contributed by atoms with van der Waals surface area (Å²) < 4.78 is 5.38. The van der Waals surface area contributed by atoms with Crippen LogP contribution < -0.4 is 10.6 Å². The second-order valence-electron chi connectivity index (χ2n) is 4.91. The minimum atomic E-state index is 0.109. The maximum absolute atomic E-state index is 6.05. The maximum Gasteiger partial charge on any atom is 0.186 e. The van der Waals surface area contributed by atoms with Gasteiger partial charge in [0, 0.05) is 29.9 Å². The summed E-state index contributed by atoms with van der Waals surface area (Å²) in [7, 11) is 0. The first kappa shape index (κ1) is 11.4. The Kier molecular flexibility index (Phi) is 3.06. The van der Waals surface area contributed by atoms with Crippen molar-refractivity contribution in [1.82, 2.24) is 4.98 Å². The van der Waals surface area contributed by atoms with Crippen LogP contribution in [0.3, 0.4) is 0 Å². The van der Waals surface area contributed by atoms with Crippen molar-refractivity contribution in [3.05, 3.63) is 10.6 Å². The van der Waals surface area contributed by atoms with Gasteiger partial charge in [0.05, 0.1) is 18.9 Å². The van der Waals surface area contributed by atoms with Crippen molar-refractivity contribution in [1.29, 1.82) is 0 Å². The van der Waals surface area contributed by atoms with Crippen molar-refractivity contribution in [2.24, 2.45) is 5.73 Å². The van der Waals surface area contributed by atoms with Crippen LogP contribution in [0.4, 0.5) is 5.13 Å². The summed E-state index contributed by atoms with van der Waals surface area (Å²) in [5, 5.41) is 1.14. The first-order chi connectivity index (χ1) is 8.25. The molecule has 2 aliphatic rings. The summed E-state index contributed by atoms with van der Waals surface area (Å²) in [4.78, 5) is 8.44. The molecule has 94 valence electrons. The number of rotatable bonds is 3. The smallest absolute Gasteiger partial charge is 0.186 e. The van der Waals surface area contributed by atoms with E-state index in [0.29, 0.717) is 5.92 Å². The summed E-state index contributed by atoms with van der Waals surface area (Å²) in [6.07, 6.45) is 2.57. The molecule has 1 aliphatic carbocycles. The third-order valence-corrected chi connectivity index (χ3v) is 4.66. The summed E-state index contributed by atoms with van der Waals surface area (Å²) >= 11 is 1.78. The quantitative estimate of drug-likeness (QED) is 0.893. The normalized spacial score (nSPS) is 22.8.